The Bertz CT molecular complexity index is 887. The summed E-state index contributed by atoms with van der Waals surface area (Å²) in [4.78, 5) is 25.8. The number of ether oxygens (including phenoxy) is 2. The minimum Gasteiger partial charge on any atom is -0.493 e. The fourth-order valence-electron chi connectivity index (χ4n) is 5.31. The first-order valence-corrected chi connectivity index (χ1v) is 9.83. The summed E-state index contributed by atoms with van der Waals surface area (Å²) in [5.41, 5.74) is 0.905. The van der Waals surface area contributed by atoms with Gasteiger partial charge in [0, 0.05) is 0 Å². The van der Waals surface area contributed by atoms with E-state index in [1.807, 2.05) is 0 Å². The maximum atomic E-state index is 12.9. The average molecular weight is 431 g/mol. The first kappa shape index (κ1) is 17.0. The smallest absolute Gasteiger partial charge is 0.254 e. The molecule has 0 aromatic heterocycles. The van der Waals surface area contributed by atoms with Gasteiger partial charge in [-0.1, -0.05) is 12.2 Å². The molecule has 140 valence electrons. The molecule has 27 heavy (non-hydrogen) atoms. The highest BCUT2D eigenvalue weighted by Gasteiger charge is 2.73. The van der Waals surface area contributed by atoms with Gasteiger partial charge in [-0.25, -0.2) is 0 Å². The molecule has 1 aromatic rings. The Morgan fingerprint density at radius 3 is 2.26 bits per heavy atom. The van der Waals surface area contributed by atoms with Crippen molar-refractivity contribution < 1.29 is 19.1 Å². The van der Waals surface area contributed by atoms with Crippen LogP contribution in [0.25, 0.3) is 0 Å². The van der Waals surface area contributed by atoms with E-state index < -0.39 is 0 Å². The molecule has 2 amide bonds. The minimum atomic E-state index is -0.232. The molecule has 0 N–H and O–H groups in total. The lowest BCUT2D eigenvalue weighted by Crippen LogP contribution is -2.30. The molecular formula is C20H19BrN2O4. The molecule has 3 aliphatic carbocycles. The molecule has 6 nitrogen and oxygen atoms in total. The third-order valence-electron chi connectivity index (χ3n) is 6.61. The summed E-state index contributed by atoms with van der Waals surface area (Å²) in [6.07, 6.45) is 8.09. The standard InChI is InChI=1S/C20H19BrN2O4/c1-26-14-8-10(7-13(21)17(14)27-2)9-22-23-18(24)15-11-3-4-12(16(15)19(23)25)20(11)5-6-20/h3-4,7-9,11-12,15-16H,5-6H2,1-2H3/b22-9-/t11-,12-,15-,16-/m1/s1. The van der Waals surface area contributed by atoms with Gasteiger partial charge in [0.2, 0.25) is 0 Å². The number of hydrazone groups is 1. The molecule has 2 saturated carbocycles. The van der Waals surface area contributed by atoms with Crippen LogP contribution in [0.15, 0.2) is 33.9 Å². The maximum absolute atomic E-state index is 12.9. The Balaban J connectivity index is 1.42. The second kappa shape index (κ2) is 5.67. The summed E-state index contributed by atoms with van der Waals surface area (Å²) < 4.78 is 11.3. The largest absolute Gasteiger partial charge is 0.493 e. The topological polar surface area (TPSA) is 68.2 Å². The summed E-state index contributed by atoms with van der Waals surface area (Å²) in [5, 5.41) is 5.31. The Hall–Kier alpha value is -2.15. The van der Waals surface area contributed by atoms with Crippen LogP contribution >= 0.6 is 15.9 Å². The van der Waals surface area contributed by atoms with Crippen molar-refractivity contribution >= 4 is 34.0 Å². The Labute approximate surface area is 165 Å². The molecular weight excluding hydrogens is 412 g/mol. The number of hydrogen-bond donors (Lipinski definition) is 0. The molecule has 1 heterocycles. The van der Waals surface area contributed by atoms with Gasteiger partial charge in [0.25, 0.3) is 11.8 Å². The highest BCUT2D eigenvalue weighted by molar-refractivity contribution is 9.10. The molecule has 4 atom stereocenters. The van der Waals surface area contributed by atoms with Gasteiger partial charge >= 0.3 is 0 Å². The van der Waals surface area contributed by atoms with Gasteiger partial charge in [-0.05, 0) is 63.7 Å². The van der Waals surface area contributed by atoms with Crippen molar-refractivity contribution in [2.45, 2.75) is 12.8 Å². The average Bonchev–Trinajstić information content (AvgIpc) is 3.26. The second-order valence-electron chi connectivity index (χ2n) is 7.69. The number of hydrogen-bond acceptors (Lipinski definition) is 5. The third-order valence-corrected chi connectivity index (χ3v) is 7.20. The molecule has 1 saturated heterocycles. The number of fused-ring (bicyclic) bond motifs is 3. The van der Waals surface area contributed by atoms with Gasteiger partial charge < -0.3 is 9.47 Å². The summed E-state index contributed by atoms with van der Waals surface area (Å²) in [7, 11) is 3.11. The Kier molecular flexibility index (Phi) is 3.57. The quantitative estimate of drug-likeness (QED) is 0.418. The number of carbonyl (C=O) groups excluding carboxylic acids is 2. The lowest BCUT2D eigenvalue weighted by atomic mass is 9.85. The summed E-state index contributed by atoms with van der Waals surface area (Å²) in [5.74, 6) is 0.747. The lowest BCUT2D eigenvalue weighted by Gasteiger charge is -2.18. The molecule has 1 aromatic carbocycles. The van der Waals surface area contributed by atoms with Crippen LogP contribution in [0.4, 0.5) is 0 Å². The first-order valence-electron chi connectivity index (χ1n) is 9.03. The Morgan fingerprint density at radius 2 is 1.74 bits per heavy atom. The van der Waals surface area contributed by atoms with E-state index in [9.17, 15) is 9.59 Å². The number of carbonyl (C=O) groups is 2. The summed E-state index contributed by atoms with van der Waals surface area (Å²) in [6.45, 7) is 0. The van der Waals surface area contributed by atoms with Crippen molar-refractivity contribution in [3.05, 3.63) is 34.3 Å². The highest BCUT2D eigenvalue weighted by Crippen LogP contribution is 2.73. The van der Waals surface area contributed by atoms with Crippen molar-refractivity contribution in [1.82, 2.24) is 5.01 Å². The summed E-state index contributed by atoms with van der Waals surface area (Å²) in [6, 6.07) is 3.56. The van der Waals surface area contributed by atoms with Crippen LogP contribution in [0, 0.1) is 29.1 Å². The third kappa shape index (κ3) is 2.15. The summed E-state index contributed by atoms with van der Waals surface area (Å²) >= 11 is 3.44. The molecule has 1 aliphatic heterocycles. The van der Waals surface area contributed by atoms with Crippen LogP contribution in [-0.4, -0.2) is 37.3 Å². The van der Waals surface area contributed by atoms with Gasteiger partial charge in [0.1, 0.15) is 0 Å². The zero-order chi connectivity index (χ0) is 18.9. The molecule has 5 rings (SSSR count). The zero-order valence-electron chi connectivity index (χ0n) is 15.0. The van der Waals surface area contributed by atoms with Crippen molar-refractivity contribution in [3.63, 3.8) is 0 Å². The molecule has 4 aliphatic rings. The van der Waals surface area contributed by atoms with Crippen molar-refractivity contribution in [1.29, 1.82) is 0 Å². The number of amides is 2. The van der Waals surface area contributed by atoms with Crippen LogP contribution in [0.1, 0.15) is 18.4 Å². The van der Waals surface area contributed by atoms with Crippen LogP contribution < -0.4 is 9.47 Å². The van der Waals surface area contributed by atoms with Crippen LogP contribution in [0.5, 0.6) is 11.5 Å². The van der Waals surface area contributed by atoms with Gasteiger partial charge in [-0.2, -0.15) is 10.1 Å². The van der Waals surface area contributed by atoms with Crippen LogP contribution in [-0.2, 0) is 9.59 Å². The molecule has 7 heteroatoms. The number of allylic oxidation sites excluding steroid dienone is 2. The molecule has 1 spiro atoms. The van der Waals surface area contributed by atoms with E-state index >= 15 is 0 Å². The van der Waals surface area contributed by atoms with E-state index in [1.54, 1.807) is 26.4 Å². The minimum absolute atomic E-state index is 0.163. The van der Waals surface area contributed by atoms with Crippen molar-refractivity contribution in [2.75, 3.05) is 14.2 Å². The van der Waals surface area contributed by atoms with Crippen molar-refractivity contribution in [2.24, 2.45) is 34.2 Å². The molecule has 3 fully saturated rings. The number of halogens is 1. The molecule has 0 radical (unpaired) electrons. The maximum Gasteiger partial charge on any atom is 0.254 e. The van der Waals surface area contributed by atoms with Crippen molar-refractivity contribution in [3.8, 4) is 11.5 Å². The monoisotopic (exact) mass is 430 g/mol. The van der Waals surface area contributed by atoms with E-state index in [2.05, 4.69) is 33.2 Å². The molecule has 2 bridgehead atoms. The van der Waals surface area contributed by atoms with E-state index in [1.165, 1.54) is 6.21 Å². The zero-order valence-corrected chi connectivity index (χ0v) is 16.6. The SMILES string of the molecule is COc1cc(/C=N\N2C(=O)[C@H]3[C@H](C2=O)[C@H]2C=C[C@H]3C23CC3)cc(Br)c1OC. The van der Waals surface area contributed by atoms with Crippen LogP contribution in [0.3, 0.4) is 0 Å². The van der Waals surface area contributed by atoms with E-state index in [0.717, 1.165) is 17.9 Å². The fourth-order valence-corrected chi connectivity index (χ4v) is 5.93. The number of benzene rings is 1. The predicted molar refractivity (Wildman–Crippen MR) is 101 cm³/mol. The van der Waals surface area contributed by atoms with E-state index in [-0.39, 0.29) is 40.9 Å². The highest BCUT2D eigenvalue weighted by atomic mass is 79.9. The van der Waals surface area contributed by atoms with Gasteiger partial charge in [0.15, 0.2) is 11.5 Å². The van der Waals surface area contributed by atoms with Crippen LogP contribution in [0.2, 0.25) is 0 Å². The van der Waals surface area contributed by atoms with E-state index in [0.29, 0.717) is 21.5 Å². The fraction of sp³-hybridized carbons (Fsp3) is 0.450. The van der Waals surface area contributed by atoms with Gasteiger partial charge in [0.05, 0.1) is 36.7 Å². The number of nitrogens with zero attached hydrogens (tertiary/aromatic N) is 2. The number of imide groups is 1. The predicted octanol–water partition coefficient (Wildman–Crippen LogP) is 3.00. The number of rotatable bonds is 4. The normalized spacial score (nSPS) is 32.0. The van der Waals surface area contributed by atoms with Gasteiger partial charge in [-0.15, -0.1) is 0 Å². The Morgan fingerprint density at radius 1 is 1.11 bits per heavy atom. The first-order chi connectivity index (χ1) is 13.0. The lowest BCUT2D eigenvalue weighted by molar-refractivity contribution is -0.141. The second-order valence-corrected chi connectivity index (χ2v) is 8.55. The molecule has 0 unspecified atom stereocenters. The van der Waals surface area contributed by atoms with E-state index in [4.69, 9.17) is 9.47 Å². The van der Waals surface area contributed by atoms with Gasteiger partial charge in [-0.3, -0.25) is 9.59 Å². The number of methoxy groups -OCH3 is 2.